The highest BCUT2D eigenvalue weighted by Crippen LogP contribution is 2.37. The molecule has 3 aliphatic heterocycles. The zero-order valence-corrected chi connectivity index (χ0v) is 22.8. The molecule has 2 saturated heterocycles. The van der Waals surface area contributed by atoms with E-state index in [0.717, 1.165) is 84.9 Å². The maximum absolute atomic E-state index is 7.37. The number of rotatable bonds is 6. The molecule has 1 unspecified atom stereocenters. The molecule has 4 heterocycles. The minimum atomic E-state index is 0.390. The molecule has 8 heteroatoms. The number of hydrogen-bond acceptors (Lipinski definition) is 6. The molecule has 2 fully saturated rings. The van der Waals surface area contributed by atoms with E-state index in [4.69, 9.17) is 32.9 Å². The Morgan fingerprint density at radius 3 is 2.71 bits per heavy atom. The standard InChI is InChI=1S/C30H35ClN6O/c1-32-17-21-7-5-15-37(18-21)29-24-13-16-36(27-12-4-9-22-8-3-11-25(31)28(22)27)19-26(24)33-30(34-29)38-20-23-10-6-14-35(23)2/h3-4,8-9,11-12,21,23H,5-7,10,13-20H2,2H3/t21?,23-/m0/s1. The van der Waals surface area contributed by atoms with Gasteiger partial charge in [0.2, 0.25) is 6.54 Å². The molecule has 3 aromatic rings. The summed E-state index contributed by atoms with van der Waals surface area (Å²) in [6, 6.07) is 13.4. The van der Waals surface area contributed by atoms with Crippen molar-refractivity contribution in [1.29, 1.82) is 0 Å². The average Bonchev–Trinajstić information content (AvgIpc) is 3.35. The minimum absolute atomic E-state index is 0.390. The molecule has 7 nitrogen and oxygen atoms in total. The van der Waals surface area contributed by atoms with Gasteiger partial charge >= 0.3 is 6.01 Å². The molecule has 0 N–H and O–H groups in total. The summed E-state index contributed by atoms with van der Waals surface area (Å²) in [5.41, 5.74) is 3.40. The van der Waals surface area contributed by atoms with Crippen molar-refractivity contribution in [2.45, 2.75) is 44.7 Å². The van der Waals surface area contributed by atoms with E-state index in [0.29, 0.717) is 37.7 Å². The van der Waals surface area contributed by atoms with Crippen LogP contribution in [0.2, 0.25) is 5.02 Å². The first-order valence-corrected chi connectivity index (χ1v) is 14.2. The first-order valence-electron chi connectivity index (χ1n) is 13.8. The third-order valence-electron chi connectivity index (χ3n) is 8.44. The van der Waals surface area contributed by atoms with Gasteiger partial charge in [-0.25, -0.2) is 6.57 Å². The first-order chi connectivity index (χ1) is 18.6. The maximum atomic E-state index is 7.37. The zero-order valence-electron chi connectivity index (χ0n) is 22.1. The van der Waals surface area contributed by atoms with Gasteiger partial charge in [-0.3, -0.25) is 0 Å². The molecule has 0 spiro atoms. The van der Waals surface area contributed by atoms with Crippen molar-refractivity contribution in [3.8, 4) is 6.01 Å². The Morgan fingerprint density at radius 2 is 1.89 bits per heavy atom. The fourth-order valence-electron chi connectivity index (χ4n) is 6.36. The van der Waals surface area contributed by atoms with Crippen molar-refractivity contribution in [2.24, 2.45) is 5.92 Å². The van der Waals surface area contributed by atoms with E-state index in [9.17, 15) is 0 Å². The van der Waals surface area contributed by atoms with Gasteiger partial charge in [0.25, 0.3) is 0 Å². The Kier molecular flexibility index (Phi) is 7.27. The number of hydrogen-bond donors (Lipinski definition) is 0. The highest BCUT2D eigenvalue weighted by atomic mass is 35.5. The zero-order chi connectivity index (χ0) is 26.1. The molecule has 3 aliphatic rings. The topological polar surface area (TPSA) is 49.1 Å². The lowest BCUT2D eigenvalue weighted by molar-refractivity contribution is 0.187. The van der Waals surface area contributed by atoms with Crippen LogP contribution in [0, 0.1) is 12.5 Å². The molecule has 0 amide bonds. The Hall–Kier alpha value is -3.08. The van der Waals surface area contributed by atoms with Gasteiger partial charge in [0.15, 0.2) is 0 Å². The number of ether oxygens (including phenoxy) is 1. The summed E-state index contributed by atoms with van der Waals surface area (Å²) >= 11 is 6.68. The Morgan fingerprint density at radius 1 is 1.05 bits per heavy atom. The highest BCUT2D eigenvalue weighted by Gasteiger charge is 2.30. The molecule has 0 radical (unpaired) electrons. The minimum Gasteiger partial charge on any atom is -0.462 e. The Balaban J connectivity index is 1.34. The summed E-state index contributed by atoms with van der Waals surface area (Å²) in [6.45, 7) is 13.1. The van der Waals surface area contributed by atoms with Gasteiger partial charge in [-0.05, 0) is 63.2 Å². The molecule has 0 aliphatic carbocycles. The normalized spacial score (nSPS) is 21.9. The lowest BCUT2D eigenvalue weighted by atomic mass is 9.96. The van der Waals surface area contributed by atoms with E-state index in [2.05, 4.69) is 50.9 Å². The summed E-state index contributed by atoms with van der Waals surface area (Å²) in [6.07, 6.45) is 5.41. The SMILES string of the molecule is [C-]#[N+]CC1CCCN(c2nc(OC[C@@H]3CCCN3C)nc3c2CCN(c2cccc4cccc(Cl)c24)C3)C1. The Labute approximate surface area is 230 Å². The van der Waals surface area contributed by atoms with Crippen LogP contribution < -0.4 is 14.5 Å². The van der Waals surface area contributed by atoms with Crippen LogP contribution in [0.15, 0.2) is 36.4 Å². The fourth-order valence-corrected chi connectivity index (χ4v) is 6.63. The van der Waals surface area contributed by atoms with Gasteiger partial charge in [-0.15, -0.1) is 0 Å². The molecule has 6 rings (SSSR count). The third-order valence-corrected chi connectivity index (χ3v) is 8.75. The number of likely N-dealkylation sites (N-methyl/N-ethyl adjacent to an activating group) is 1. The van der Waals surface area contributed by atoms with Gasteiger partial charge in [0.1, 0.15) is 12.4 Å². The lowest BCUT2D eigenvalue weighted by Crippen LogP contribution is -2.39. The van der Waals surface area contributed by atoms with Crippen LogP contribution in [0.1, 0.15) is 36.9 Å². The van der Waals surface area contributed by atoms with E-state index in [-0.39, 0.29) is 0 Å². The summed E-state index contributed by atoms with van der Waals surface area (Å²) < 4.78 is 6.28. The van der Waals surface area contributed by atoms with Crippen molar-refractivity contribution in [3.05, 3.63) is 64.1 Å². The number of aromatic nitrogens is 2. The second kappa shape index (κ2) is 11.0. The van der Waals surface area contributed by atoms with E-state index >= 15 is 0 Å². The molecule has 198 valence electrons. The molecule has 0 saturated carbocycles. The number of likely N-dealkylation sites (tertiary alicyclic amines) is 1. The number of nitrogens with zero attached hydrogens (tertiary/aromatic N) is 6. The average molecular weight is 531 g/mol. The maximum Gasteiger partial charge on any atom is 0.318 e. The van der Waals surface area contributed by atoms with Crippen LogP contribution >= 0.6 is 11.6 Å². The van der Waals surface area contributed by atoms with Crippen LogP contribution in [0.5, 0.6) is 6.01 Å². The second-order valence-electron chi connectivity index (χ2n) is 10.9. The second-order valence-corrected chi connectivity index (χ2v) is 11.3. The number of benzene rings is 2. The van der Waals surface area contributed by atoms with Gasteiger partial charge in [0, 0.05) is 48.2 Å². The van der Waals surface area contributed by atoms with E-state index in [1.165, 1.54) is 12.0 Å². The molecule has 1 aromatic heterocycles. The van der Waals surface area contributed by atoms with Crippen LogP contribution in [0.4, 0.5) is 11.5 Å². The predicted octanol–water partition coefficient (Wildman–Crippen LogP) is 5.45. The summed E-state index contributed by atoms with van der Waals surface area (Å²) in [5.74, 6) is 1.40. The van der Waals surface area contributed by atoms with Crippen LogP contribution in [-0.4, -0.2) is 67.3 Å². The monoisotopic (exact) mass is 530 g/mol. The summed E-state index contributed by atoms with van der Waals surface area (Å²) in [7, 11) is 2.17. The fraction of sp³-hybridized carbons (Fsp3) is 0.500. The van der Waals surface area contributed by atoms with Crippen molar-refractivity contribution >= 4 is 33.9 Å². The number of anilines is 2. The summed E-state index contributed by atoms with van der Waals surface area (Å²) in [5, 5.41) is 3.01. The smallest absolute Gasteiger partial charge is 0.318 e. The van der Waals surface area contributed by atoms with Gasteiger partial charge in [0.05, 0.1) is 17.3 Å². The van der Waals surface area contributed by atoms with Crippen molar-refractivity contribution in [2.75, 3.05) is 56.2 Å². The van der Waals surface area contributed by atoms with Gasteiger partial charge in [-0.1, -0.05) is 35.9 Å². The van der Waals surface area contributed by atoms with Gasteiger partial charge < -0.3 is 24.3 Å². The first kappa shape index (κ1) is 25.2. The van der Waals surface area contributed by atoms with E-state index < -0.39 is 0 Å². The predicted molar refractivity (Wildman–Crippen MR) is 153 cm³/mol. The van der Waals surface area contributed by atoms with Crippen molar-refractivity contribution in [3.63, 3.8) is 0 Å². The molecular weight excluding hydrogens is 496 g/mol. The summed E-state index contributed by atoms with van der Waals surface area (Å²) in [4.78, 5) is 20.8. The van der Waals surface area contributed by atoms with E-state index in [1.54, 1.807) is 0 Å². The molecule has 2 aromatic carbocycles. The highest BCUT2D eigenvalue weighted by molar-refractivity contribution is 6.36. The largest absolute Gasteiger partial charge is 0.462 e. The lowest BCUT2D eigenvalue weighted by Gasteiger charge is -2.36. The van der Waals surface area contributed by atoms with E-state index in [1.807, 2.05) is 12.1 Å². The Bertz CT molecular complexity index is 1350. The van der Waals surface area contributed by atoms with Crippen LogP contribution in [-0.2, 0) is 13.0 Å². The molecule has 0 bridgehead atoms. The van der Waals surface area contributed by atoms with Gasteiger partial charge in [-0.2, -0.15) is 9.97 Å². The molecular formula is C30H35ClN6O. The van der Waals surface area contributed by atoms with Crippen molar-refractivity contribution < 1.29 is 4.74 Å². The quantitative estimate of drug-likeness (QED) is 0.395. The number of halogens is 1. The molecule has 2 atom stereocenters. The van der Waals surface area contributed by atoms with Crippen LogP contribution in [0.25, 0.3) is 15.6 Å². The van der Waals surface area contributed by atoms with Crippen molar-refractivity contribution in [1.82, 2.24) is 14.9 Å². The third kappa shape index (κ3) is 5.00. The molecule has 38 heavy (non-hydrogen) atoms. The number of piperidine rings is 1. The van der Waals surface area contributed by atoms with Crippen LogP contribution in [0.3, 0.4) is 0 Å². The number of fused-ring (bicyclic) bond motifs is 2.